The molecule has 0 atom stereocenters. The molecule has 0 unspecified atom stereocenters. The van der Waals surface area contributed by atoms with Gasteiger partial charge in [0, 0.05) is 3.57 Å². The van der Waals surface area contributed by atoms with Gasteiger partial charge in [0.05, 0.1) is 12.2 Å². The van der Waals surface area contributed by atoms with Gasteiger partial charge in [-0.05, 0) is 57.8 Å². The molecule has 1 heterocycles. The number of tetrazole rings is 1. The Balaban J connectivity index is 2.35. The molecule has 0 spiro atoms. The molecule has 2 rings (SSSR count). The zero-order valence-corrected chi connectivity index (χ0v) is 11.3. The Morgan fingerprint density at radius 2 is 2.29 bits per heavy atom. The van der Waals surface area contributed by atoms with Crippen molar-refractivity contribution in [3.05, 3.63) is 33.4 Å². The van der Waals surface area contributed by atoms with Crippen LogP contribution in [0.2, 0.25) is 0 Å². The van der Waals surface area contributed by atoms with Crippen LogP contribution in [0.15, 0.2) is 18.2 Å². The first-order valence-electron chi connectivity index (χ1n) is 5.15. The van der Waals surface area contributed by atoms with Gasteiger partial charge in [-0.25, -0.2) is 4.39 Å². The molecule has 0 saturated heterocycles. The van der Waals surface area contributed by atoms with Gasteiger partial charge >= 0.3 is 0 Å². The first kappa shape index (κ1) is 12.4. The molecule has 0 aliphatic heterocycles. The van der Waals surface area contributed by atoms with Gasteiger partial charge in [-0.1, -0.05) is 6.92 Å². The first-order valence-corrected chi connectivity index (χ1v) is 6.23. The standard InChI is InChI=1S/C10H11FIN5/c1-2-13-6-10-14-15-16-17(10)9-4-3-7(11)5-8(9)12/h3-5,13H,2,6H2,1H3. The largest absolute Gasteiger partial charge is 0.310 e. The second-order valence-electron chi connectivity index (χ2n) is 3.38. The maximum atomic E-state index is 13.0. The second kappa shape index (κ2) is 5.50. The van der Waals surface area contributed by atoms with Crippen molar-refractivity contribution in [3.63, 3.8) is 0 Å². The molecule has 0 bridgehead atoms. The van der Waals surface area contributed by atoms with Crippen molar-refractivity contribution in [2.75, 3.05) is 6.54 Å². The van der Waals surface area contributed by atoms with Gasteiger partial charge < -0.3 is 5.32 Å². The van der Waals surface area contributed by atoms with Crippen LogP contribution in [0, 0.1) is 9.39 Å². The Hall–Kier alpha value is -1.09. The fourth-order valence-corrected chi connectivity index (χ4v) is 2.10. The van der Waals surface area contributed by atoms with Crippen molar-refractivity contribution < 1.29 is 4.39 Å². The lowest BCUT2D eigenvalue weighted by Gasteiger charge is -2.06. The summed E-state index contributed by atoms with van der Waals surface area (Å²) >= 11 is 2.06. The van der Waals surface area contributed by atoms with E-state index in [0.717, 1.165) is 15.8 Å². The van der Waals surface area contributed by atoms with Crippen LogP contribution in [0.1, 0.15) is 12.7 Å². The van der Waals surface area contributed by atoms with Crippen molar-refractivity contribution in [1.82, 2.24) is 25.5 Å². The average molecular weight is 347 g/mol. The fraction of sp³-hybridized carbons (Fsp3) is 0.300. The van der Waals surface area contributed by atoms with E-state index in [0.29, 0.717) is 12.4 Å². The van der Waals surface area contributed by atoms with Crippen LogP contribution in [0.25, 0.3) is 5.69 Å². The lowest BCUT2D eigenvalue weighted by molar-refractivity contribution is 0.623. The Morgan fingerprint density at radius 1 is 1.47 bits per heavy atom. The molecule has 90 valence electrons. The molecule has 1 aromatic carbocycles. The Kier molecular flexibility index (Phi) is 4.00. The van der Waals surface area contributed by atoms with Gasteiger partial charge in [0.1, 0.15) is 5.82 Å². The van der Waals surface area contributed by atoms with Crippen LogP contribution < -0.4 is 5.32 Å². The lowest BCUT2D eigenvalue weighted by atomic mass is 10.3. The van der Waals surface area contributed by atoms with Crippen molar-refractivity contribution in [1.29, 1.82) is 0 Å². The minimum Gasteiger partial charge on any atom is -0.310 e. The molecule has 1 aromatic heterocycles. The van der Waals surface area contributed by atoms with E-state index < -0.39 is 0 Å². The molecule has 7 heteroatoms. The highest BCUT2D eigenvalue weighted by Crippen LogP contribution is 2.18. The van der Waals surface area contributed by atoms with Gasteiger partial charge in [0.2, 0.25) is 0 Å². The summed E-state index contributed by atoms with van der Waals surface area (Å²) in [5.41, 5.74) is 0.782. The number of hydrogen-bond donors (Lipinski definition) is 1. The van der Waals surface area contributed by atoms with Gasteiger partial charge in [-0.2, -0.15) is 4.68 Å². The third-order valence-electron chi connectivity index (χ3n) is 2.21. The van der Waals surface area contributed by atoms with E-state index in [1.165, 1.54) is 12.1 Å². The Bertz CT molecular complexity index is 513. The molecule has 0 amide bonds. The molecule has 0 aliphatic carbocycles. The normalized spacial score (nSPS) is 10.8. The van der Waals surface area contributed by atoms with E-state index in [9.17, 15) is 4.39 Å². The maximum absolute atomic E-state index is 13.0. The minimum atomic E-state index is -0.264. The SMILES string of the molecule is CCNCc1nnnn1-c1ccc(F)cc1I. The molecule has 0 aliphatic rings. The molecular weight excluding hydrogens is 336 g/mol. The van der Waals surface area contributed by atoms with Crippen LogP contribution in [0.4, 0.5) is 4.39 Å². The quantitative estimate of drug-likeness (QED) is 0.852. The van der Waals surface area contributed by atoms with E-state index in [4.69, 9.17) is 0 Å². The average Bonchev–Trinajstić information content (AvgIpc) is 2.74. The maximum Gasteiger partial charge on any atom is 0.170 e. The molecule has 1 N–H and O–H groups in total. The number of nitrogens with zero attached hydrogens (tertiary/aromatic N) is 4. The summed E-state index contributed by atoms with van der Waals surface area (Å²) in [4.78, 5) is 0. The summed E-state index contributed by atoms with van der Waals surface area (Å²) in [6.45, 7) is 3.43. The van der Waals surface area contributed by atoms with E-state index in [1.54, 1.807) is 10.7 Å². The molecule has 0 saturated carbocycles. The summed E-state index contributed by atoms with van der Waals surface area (Å²) in [7, 11) is 0. The van der Waals surface area contributed by atoms with Gasteiger partial charge in [-0.3, -0.25) is 0 Å². The highest BCUT2D eigenvalue weighted by Gasteiger charge is 2.10. The number of halogens is 2. The predicted octanol–water partition coefficient (Wildman–Crippen LogP) is 1.52. The second-order valence-corrected chi connectivity index (χ2v) is 4.55. The molecule has 17 heavy (non-hydrogen) atoms. The molecule has 0 radical (unpaired) electrons. The van der Waals surface area contributed by atoms with E-state index in [2.05, 4.69) is 43.4 Å². The van der Waals surface area contributed by atoms with E-state index in [-0.39, 0.29) is 5.82 Å². The zero-order valence-electron chi connectivity index (χ0n) is 9.19. The molecule has 2 aromatic rings. The third-order valence-corrected chi connectivity index (χ3v) is 3.07. The summed E-state index contributed by atoms with van der Waals surface area (Å²) in [5.74, 6) is 0.441. The monoisotopic (exact) mass is 347 g/mol. The smallest absolute Gasteiger partial charge is 0.170 e. The Labute approximate surface area is 112 Å². The topological polar surface area (TPSA) is 55.6 Å². The van der Waals surface area contributed by atoms with Gasteiger partial charge in [-0.15, -0.1) is 5.10 Å². The number of hydrogen-bond acceptors (Lipinski definition) is 4. The van der Waals surface area contributed by atoms with Gasteiger partial charge in [0.25, 0.3) is 0 Å². The highest BCUT2D eigenvalue weighted by atomic mass is 127. The Morgan fingerprint density at radius 3 is 3.00 bits per heavy atom. The van der Waals surface area contributed by atoms with E-state index >= 15 is 0 Å². The summed E-state index contributed by atoms with van der Waals surface area (Å²) in [5, 5.41) is 14.6. The van der Waals surface area contributed by atoms with Crippen LogP contribution in [0.5, 0.6) is 0 Å². The van der Waals surface area contributed by atoms with Crippen molar-refractivity contribution >= 4 is 22.6 Å². The number of rotatable bonds is 4. The van der Waals surface area contributed by atoms with Crippen LogP contribution in [-0.4, -0.2) is 26.8 Å². The number of aromatic nitrogens is 4. The highest BCUT2D eigenvalue weighted by molar-refractivity contribution is 14.1. The fourth-order valence-electron chi connectivity index (χ4n) is 1.39. The van der Waals surface area contributed by atoms with Crippen molar-refractivity contribution in [2.45, 2.75) is 13.5 Å². The predicted molar refractivity (Wildman–Crippen MR) is 69.2 cm³/mol. The molecular formula is C10H11FIN5. The summed E-state index contributed by atoms with van der Waals surface area (Å²) in [6, 6.07) is 4.52. The number of benzene rings is 1. The lowest BCUT2D eigenvalue weighted by Crippen LogP contribution is -2.16. The van der Waals surface area contributed by atoms with Crippen LogP contribution in [0.3, 0.4) is 0 Å². The van der Waals surface area contributed by atoms with Crippen molar-refractivity contribution in [3.8, 4) is 5.69 Å². The summed E-state index contributed by atoms with van der Waals surface area (Å²) in [6.07, 6.45) is 0. The first-order chi connectivity index (χ1) is 8.22. The third kappa shape index (κ3) is 2.78. The molecule has 0 fully saturated rings. The summed E-state index contributed by atoms with van der Waals surface area (Å²) < 4.78 is 15.4. The van der Waals surface area contributed by atoms with E-state index in [1.807, 2.05) is 6.92 Å². The van der Waals surface area contributed by atoms with Crippen LogP contribution in [-0.2, 0) is 6.54 Å². The van der Waals surface area contributed by atoms with Crippen LogP contribution >= 0.6 is 22.6 Å². The zero-order chi connectivity index (χ0) is 12.3. The van der Waals surface area contributed by atoms with Gasteiger partial charge in [0.15, 0.2) is 5.82 Å². The molecule has 5 nitrogen and oxygen atoms in total. The number of nitrogens with one attached hydrogen (secondary N) is 1. The van der Waals surface area contributed by atoms with Crippen molar-refractivity contribution in [2.24, 2.45) is 0 Å². The minimum absolute atomic E-state index is 0.264.